The largest absolute Gasteiger partial charge is 0.265 e. The Morgan fingerprint density at radius 3 is 2.94 bits per heavy atom. The molecule has 1 aromatic carbocycles. The average Bonchev–Trinajstić information content (AvgIpc) is 2.71. The predicted molar refractivity (Wildman–Crippen MR) is 56.9 cm³/mol. The van der Waals surface area contributed by atoms with E-state index in [1.54, 1.807) is 21.6 Å². The van der Waals surface area contributed by atoms with Gasteiger partial charge in [-0.2, -0.15) is 15.0 Å². The zero-order valence-corrected chi connectivity index (χ0v) is 8.55. The first-order valence-electron chi connectivity index (χ1n) is 4.75. The smallest absolute Gasteiger partial charge is 0.240 e. The second-order valence-electron chi connectivity index (χ2n) is 3.48. The number of aromatic amines is 1. The quantitative estimate of drug-likeness (QED) is 0.652. The number of benzene rings is 1. The first kappa shape index (κ1) is 8.73. The lowest BCUT2D eigenvalue weighted by Gasteiger charge is -2.10. The Morgan fingerprint density at radius 2 is 2.31 bits per heavy atom. The van der Waals surface area contributed by atoms with Crippen LogP contribution in [0.25, 0.3) is 16.9 Å². The molecule has 0 aliphatic carbocycles. The summed E-state index contributed by atoms with van der Waals surface area (Å²) in [5, 5.41) is 20.8. The molecule has 0 atom stereocenters. The van der Waals surface area contributed by atoms with Gasteiger partial charge >= 0.3 is 0 Å². The number of rotatable bonds is 1. The van der Waals surface area contributed by atoms with Crippen LogP contribution in [0, 0.1) is 11.3 Å². The molecule has 0 aliphatic rings. The second-order valence-corrected chi connectivity index (χ2v) is 3.48. The highest BCUT2D eigenvalue weighted by Crippen LogP contribution is 2.19. The molecular formula is C10H8N6. The van der Waals surface area contributed by atoms with E-state index in [4.69, 9.17) is 5.26 Å². The van der Waals surface area contributed by atoms with Gasteiger partial charge in [-0.05, 0) is 12.1 Å². The minimum atomic E-state index is 0.624. The van der Waals surface area contributed by atoms with Crippen LogP contribution in [-0.4, -0.2) is 24.8 Å². The number of nitrogens with one attached hydrogen (secondary N) is 1. The molecule has 2 heterocycles. The highest BCUT2D eigenvalue weighted by molar-refractivity contribution is 5.85. The number of aryl methyl sites for hydroxylation is 1. The number of nitrogens with zero attached hydrogens (tertiary/aromatic N) is 5. The molecule has 16 heavy (non-hydrogen) atoms. The monoisotopic (exact) mass is 212 g/mol. The van der Waals surface area contributed by atoms with Crippen molar-refractivity contribution in [3.05, 3.63) is 30.0 Å². The van der Waals surface area contributed by atoms with Gasteiger partial charge in [-0.1, -0.05) is 6.07 Å². The van der Waals surface area contributed by atoms with Crippen LogP contribution in [0.15, 0.2) is 24.4 Å². The van der Waals surface area contributed by atoms with Crippen molar-refractivity contribution in [3.63, 3.8) is 0 Å². The molecule has 0 saturated heterocycles. The maximum absolute atomic E-state index is 8.97. The Morgan fingerprint density at radius 1 is 1.44 bits per heavy atom. The van der Waals surface area contributed by atoms with E-state index in [-0.39, 0.29) is 0 Å². The third kappa shape index (κ3) is 0.995. The average molecular weight is 212 g/mol. The summed E-state index contributed by atoms with van der Waals surface area (Å²) < 4.78 is 3.46. The summed E-state index contributed by atoms with van der Waals surface area (Å²) in [5.74, 6) is 0.713. The van der Waals surface area contributed by atoms with E-state index in [0.29, 0.717) is 11.5 Å². The highest BCUT2D eigenvalue weighted by atomic mass is 15.6. The van der Waals surface area contributed by atoms with Gasteiger partial charge < -0.3 is 0 Å². The summed E-state index contributed by atoms with van der Waals surface area (Å²) in [6, 6.07) is 7.68. The van der Waals surface area contributed by atoms with Gasteiger partial charge in [0.15, 0.2) is 0 Å². The summed E-state index contributed by atoms with van der Waals surface area (Å²) in [6.45, 7) is 0. The Hall–Kier alpha value is -2.55. The second kappa shape index (κ2) is 2.97. The summed E-state index contributed by atoms with van der Waals surface area (Å²) in [4.78, 5) is 0. The molecule has 3 aromatic rings. The van der Waals surface area contributed by atoms with Crippen molar-refractivity contribution in [2.45, 2.75) is 0 Å². The molecule has 0 amide bonds. The molecule has 0 saturated carbocycles. The highest BCUT2D eigenvalue weighted by Gasteiger charge is 2.12. The topological polar surface area (TPSA) is 75.2 Å². The minimum absolute atomic E-state index is 0.624. The lowest BCUT2D eigenvalue weighted by atomic mass is 10.1. The lowest BCUT2D eigenvalue weighted by molar-refractivity contribution is 0.532. The van der Waals surface area contributed by atoms with Gasteiger partial charge in [0.2, 0.25) is 0 Å². The molecule has 0 bridgehead atoms. The van der Waals surface area contributed by atoms with Crippen molar-refractivity contribution in [1.82, 2.24) is 24.8 Å². The molecule has 0 radical (unpaired) electrons. The first-order valence-corrected chi connectivity index (χ1v) is 4.75. The van der Waals surface area contributed by atoms with E-state index < -0.39 is 0 Å². The Kier molecular flexibility index (Phi) is 1.62. The molecule has 78 valence electrons. The minimum Gasteiger partial charge on any atom is -0.240 e. The van der Waals surface area contributed by atoms with Crippen LogP contribution in [0.2, 0.25) is 0 Å². The number of nitriles is 1. The number of aromatic nitrogens is 5. The van der Waals surface area contributed by atoms with Crippen molar-refractivity contribution in [2.24, 2.45) is 7.05 Å². The summed E-state index contributed by atoms with van der Waals surface area (Å²) in [5.41, 5.74) is 1.51. The maximum atomic E-state index is 8.97. The fourth-order valence-electron chi connectivity index (χ4n) is 1.69. The Labute approximate surface area is 90.7 Å². The molecule has 6 heteroatoms. The van der Waals surface area contributed by atoms with Crippen LogP contribution < -0.4 is 0 Å². The predicted octanol–water partition coefficient (Wildman–Crippen LogP) is 0.959. The molecule has 1 N–H and O–H groups in total. The van der Waals surface area contributed by atoms with Gasteiger partial charge in [0.25, 0.3) is 5.95 Å². The fraction of sp³-hybridized carbons (Fsp3) is 0.100. The van der Waals surface area contributed by atoms with Gasteiger partial charge in [-0.3, -0.25) is 0 Å². The standard InChI is InChI=1S/C10H8N6/c1-15-10(13-14-15)16-9-4-2-3-7(5-11)8(9)6-12-16/h2-4,6,14H,1H3. The Bertz CT molecular complexity index is 692. The summed E-state index contributed by atoms with van der Waals surface area (Å²) in [7, 11) is 1.85. The van der Waals surface area contributed by atoms with Gasteiger partial charge in [0, 0.05) is 12.4 Å². The SMILES string of the molecule is Cn1[nH]nc1-n1ncc2c(C#N)cccc21. The molecule has 0 unspecified atom stereocenters. The van der Waals surface area contributed by atoms with Crippen LogP contribution in [0.5, 0.6) is 0 Å². The number of H-pyrrole nitrogens is 1. The lowest BCUT2D eigenvalue weighted by Crippen LogP contribution is -2.18. The molecule has 0 spiro atoms. The van der Waals surface area contributed by atoms with Crippen molar-refractivity contribution < 1.29 is 0 Å². The van der Waals surface area contributed by atoms with E-state index in [9.17, 15) is 0 Å². The van der Waals surface area contributed by atoms with E-state index in [1.807, 2.05) is 19.2 Å². The number of fused-ring (bicyclic) bond motifs is 1. The zero-order valence-electron chi connectivity index (χ0n) is 8.55. The zero-order chi connectivity index (χ0) is 11.1. The van der Waals surface area contributed by atoms with Crippen LogP contribution >= 0.6 is 0 Å². The molecule has 0 aliphatic heterocycles. The van der Waals surface area contributed by atoms with E-state index in [0.717, 1.165) is 10.9 Å². The van der Waals surface area contributed by atoms with Gasteiger partial charge in [-0.25, -0.2) is 9.90 Å². The number of hydrogen-bond acceptors (Lipinski definition) is 3. The van der Waals surface area contributed by atoms with Gasteiger partial charge in [-0.15, -0.1) is 5.10 Å². The fourth-order valence-corrected chi connectivity index (χ4v) is 1.69. The third-order valence-electron chi connectivity index (χ3n) is 2.52. The van der Waals surface area contributed by atoms with Crippen LogP contribution in [0.1, 0.15) is 5.56 Å². The molecule has 2 aromatic heterocycles. The maximum Gasteiger partial charge on any atom is 0.265 e. The van der Waals surface area contributed by atoms with Crippen LogP contribution in [-0.2, 0) is 7.05 Å². The van der Waals surface area contributed by atoms with E-state index in [1.165, 1.54) is 0 Å². The molecule has 0 fully saturated rings. The van der Waals surface area contributed by atoms with E-state index in [2.05, 4.69) is 21.5 Å². The molecule has 6 nitrogen and oxygen atoms in total. The van der Waals surface area contributed by atoms with Gasteiger partial charge in [0.1, 0.15) is 0 Å². The van der Waals surface area contributed by atoms with Crippen molar-refractivity contribution in [2.75, 3.05) is 0 Å². The third-order valence-corrected chi connectivity index (χ3v) is 2.52. The molecule has 3 rings (SSSR count). The normalized spacial score (nSPS) is 10.8. The van der Waals surface area contributed by atoms with Crippen molar-refractivity contribution in [3.8, 4) is 12.0 Å². The van der Waals surface area contributed by atoms with Gasteiger partial charge in [0.05, 0.1) is 23.3 Å². The van der Waals surface area contributed by atoms with Crippen LogP contribution in [0.4, 0.5) is 0 Å². The van der Waals surface area contributed by atoms with Crippen molar-refractivity contribution in [1.29, 1.82) is 5.26 Å². The number of hydrogen-bond donors (Lipinski definition) is 1. The molecular weight excluding hydrogens is 204 g/mol. The van der Waals surface area contributed by atoms with Crippen molar-refractivity contribution >= 4 is 10.9 Å². The summed E-state index contributed by atoms with van der Waals surface area (Å²) >= 11 is 0. The van der Waals surface area contributed by atoms with Crippen LogP contribution in [0.3, 0.4) is 0 Å². The first-order chi connectivity index (χ1) is 7.81. The summed E-state index contributed by atoms with van der Waals surface area (Å²) in [6.07, 6.45) is 1.68. The Balaban J connectivity index is 2.32. The van der Waals surface area contributed by atoms with E-state index >= 15 is 0 Å².